The molecule has 13 aromatic rings. The number of rotatable bonds is 6. The average Bonchev–Trinajstić information content (AvgIpc) is 1.59. The first-order valence-electron chi connectivity index (χ1n) is 36.8. The van der Waals surface area contributed by atoms with Gasteiger partial charge in [0.2, 0.25) is 0 Å². The first kappa shape index (κ1) is 47.7. The molecule has 0 aliphatic carbocycles. The zero-order chi connectivity index (χ0) is 73.3. The number of furan rings is 4. The van der Waals surface area contributed by atoms with Crippen molar-refractivity contribution in [3.05, 3.63) is 229 Å². The number of aryl methyl sites for hydroxylation is 4. The average molecular weight is 1230 g/mol. The van der Waals surface area contributed by atoms with Gasteiger partial charge >= 0.3 is 0 Å². The number of benzene rings is 9. The lowest BCUT2D eigenvalue weighted by Gasteiger charge is -2.33. The highest BCUT2D eigenvalue weighted by Crippen LogP contribution is 2.49. The first-order valence-corrected chi connectivity index (χ1v) is 31.3. The summed E-state index contributed by atoms with van der Waals surface area (Å²) in [6.07, 6.45) is 10.1. The lowest BCUT2D eigenvalue weighted by molar-refractivity contribution is 0.263. The molecule has 5 atom stereocenters. The molecule has 4 aliphatic heterocycles. The lowest BCUT2D eigenvalue weighted by atomic mass is 10.1. The first-order chi connectivity index (χ1) is 48.8. The van der Waals surface area contributed by atoms with E-state index in [9.17, 15) is 0 Å². The second kappa shape index (κ2) is 23.6. The van der Waals surface area contributed by atoms with Crippen LogP contribution in [0, 0.1) is 27.7 Å². The van der Waals surface area contributed by atoms with E-state index in [1.54, 1.807) is 17.3 Å². The van der Waals surface area contributed by atoms with Crippen LogP contribution in [0.25, 0.3) is 87.8 Å². The standard InChI is InChI=1S/C22H20N2O.2C20H22N2O.C18H18N2O/c1-14-12-13-17-16-8-4-7-11-20(16)25-22(17)21(14)24-15(2)23(3)18-9-5-6-10-19(18)24;2*1-13(2)21-11-12-22(15(21)4)19-14(3)9-10-17-16-7-5-6-8-18(16)23-20(17)19;1-12-8-9-15-14-6-4-5-7-16(14)21-18(15)17(12)20-11-10-19(3)13(20)2/h4-13,15H,1-3H3;2*5-13,15H,1-4H3;4-11,13H,1-3H3/i3D3;1D3,13D;13D;3D3. The highest BCUT2D eigenvalue weighted by atomic mass is 16.3. The molecule has 0 saturated carbocycles. The largest absolute Gasteiger partial charge is 0.454 e. The molecular weight excluding hydrogens is 1140 g/mol. The Morgan fingerprint density at radius 2 is 0.696 bits per heavy atom. The number of fused-ring (bicyclic) bond motifs is 13. The third-order valence-electron chi connectivity index (χ3n) is 18.5. The minimum atomic E-state index is -2.43. The fourth-order valence-corrected chi connectivity index (χ4v) is 13.7. The van der Waals surface area contributed by atoms with Crippen LogP contribution in [0.2, 0.25) is 0 Å². The van der Waals surface area contributed by atoms with Crippen molar-refractivity contribution in [2.45, 2.75) is 120 Å². The highest BCUT2D eigenvalue weighted by Gasteiger charge is 2.35. The molecule has 0 bridgehead atoms. The monoisotopic (exact) mass is 1230 g/mol. The summed E-state index contributed by atoms with van der Waals surface area (Å²) in [4.78, 5) is 14.7. The zero-order valence-corrected chi connectivity index (χ0v) is 53.7. The summed E-state index contributed by atoms with van der Waals surface area (Å²) in [6, 6.07) is 53.9. The van der Waals surface area contributed by atoms with E-state index < -0.39 is 32.8 Å². The van der Waals surface area contributed by atoms with Gasteiger partial charge in [0.05, 0.1) is 36.9 Å². The van der Waals surface area contributed by atoms with Crippen LogP contribution in [0.15, 0.2) is 225 Å². The Labute approximate surface area is 554 Å². The molecular formula is C80H82N8O4. The normalized spacial score (nSPS) is 20.7. The molecule has 0 fully saturated rings. The third-order valence-corrected chi connectivity index (χ3v) is 18.5. The molecule has 466 valence electrons. The van der Waals surface area contributed by atoms with E-state index in [2.05, 4.69) is 84.4 Å². The van der Waals surface area contributed by atoms with Gasteiger partial charge in [-0.15, -0.1) is 0 Å². The van der Waals surface area contributed by atoms with Crippen LogP contribution in [0.4, 0.5) is 34.1 Å². The van der Waals surface area contributed by atoms with Crippen LogP contribution in [0.1, 0.15) is 92.7 Å². The van der Waals surface area contributed by atoms with Crippen molar-refractivity contribution in [1.29, 1.82) is 0 Å². The molecule has 0 spiro atoms. The van der Waals surface area contributed by atoms with Crippen molar-refractivity contribution in [3.63, 3.8) is 0 Å². The van der Waals surface area contributed by atoms with Gasteiger partial charge in [-0.2, -0.15) is 0 Å². The number of para-hydroxylation sites is 6. The molecule has 12 nitrogen and oxygen atoms in total. The Kier molecular flexibility index (Phi) is 12.2. The summed E-state index contributed by atoms with van der Waals surface area (Å²) < 4.78 is 112. The fraction of sp³-hybridized carbons (Fsp3) is 0.250. The van der Waals surface area contributed by atoms with Gasteiger partial charge in [-0.05, 0) is 142 Å². The van der Waals surface area contributed by atoms with E-state index in [1.165, 1.54) is 22.3 Å². The molecule has 0 radical (unpaired) electrons. The summed E-state index contributed by atoms with van der Waals surface area (Å²) in [6.45, 7) is 14.4. The maximum atomic E-state index is 8.42. The number of nitrogens with zero attached hydrogens (tertiary/aromatic N) is 8. The van der Waals surface area contributed by atoms with Gasteiger partial charge in [-0.1, -0.05) is 133 Å². The molecule has 0 amide bonds. The van der Waals surface area contributed by atoms with Crippen molar-refractivity contribution in [2.75, 3.05) is 38.5 Å². The van der Waals surface area contributed by atoms with Crippen molar-refractivity contribution in [3.8, 4) is 0 Å². The smallest absolute Gasteiger partial charge is 0.159 e. The van der Waals surface area contributed by atoms with Crippen LogP contribution in [0.3, 0.4) is 0 Å². The van der Waals surface area contributed by atoms with Crippen LogP contribution >= 0.6 is 0 Å². The van der Waals surface area contributed by atoms with Gasteiger partial charge in [-0.3, -0.25) is 0 Å². The molecule has 5 unspecified atom stereocenters. The second-order valence-electron chi connectivity index (χ2n) is 24.5. The third kappa shape index (κ3) is 9.89. The molecule has 9 aromatic carbocycles. The van der Waals surface area contributed by atoms with Gasteiger partial charge in [0.1, 0.15) is 47.0 Å². The molecule has 12 heteroatoms. The van der Waals surface area contributed by atoms with Gasteiger partial charge in [0, 0.05) is 119 Å². The van der Waals surface area contributed by atoms with Gasteiger partial charge < -0.3 is 56.9 Å². The summed E-state index contributed by atoms with van der Waals surface area (Å²) in [5.41, 5.74) is 16.4. The summed E-state index contributed by atoms with van der Waals surface area (Å²) in [7, 11) is 0. The van der Waals surface area contributed by atoms with Crippen LogP contribution in [0.5, 0.6) is 0 Å². The summed E-state index contributed by atoms with van der Waals surface area (Å²) in [5, 5.41) is 8.55. The fourth-order valence-electron chi connectivity index (χ4n) is 13.7. The highest BCUT2D eigenvalue weighted by molar-refractivity contribution is 6.13. The van der Waals surface area contributed by atoms with Gasteiger partial charge in [-0.25, -0.2) is 0 Å². The summed E-state index contributed by atoms with van der Waals surface area (Å²) in [5.74, 6) is 0. The SMILES string of the molecule is [2H]C(C)(C)N1C=CN(c2c(C)ccc3c2oc2ccccc23)C1C.[2H]C([2H])([2H])C([2H])(C)N1C=CN(c2c(C)ccc3c2oc2ccccc23)C1C.[2H]C([2H])([2H])N1C=CN(c2c(C)ccc3c2oc2ccccc23)C1C.[2H]C([2H])([2H])N1c2ccccc2N(c2c(C)ccc3c2oc2ccccc23)C1C. The molecule has 4 aromatic heterocycles. The van der Waals surface area contributed by atoms with E-state index in [-0.39, 0.29) is 24.7 Å². The molecule has 0 saturated heterocycles. The predicted octanol–water partition coefficient (Wildman–Crippen LogP) is 20.8. The maximum absolute atomic E-state index is 8.42. The number of anilines is 6. The van der Waals surface area contributed by atoms with E-state index in [0.717, 1.165) is 133 Å². The van der Waals surface area contributed by atoms with Crippen LogP contribution < -0.4 is 24.5 Å². The molecule has 92 heavy (non-hydrogen) atoms. The van der Waals surface area contributed by atoms with E-state index in [4.69, 9.17) is 32.7 Å². The molecule has 4 aliphatic rings. The van der Waals surface area contributed by atoms with Gasteiger partial charge in [0.15, 0.2) is 22.3 Å². The van der Waals surface area contributed by atoms with Crippen molar-refractivity contribution in [1.82, 2.24) is 14.7 Å². The molecule has 17 rings (SSSR count). The Morgan fingerprint density at radius 1 is 0.348 bits per heavy atom. The minimum Gasteiger partial charge on any atom is -0.454 e. The van der Waals surface area contributed by atoms with E-state index in [0.29, 0.717) is 5.69 Å². The zero-order valence-electron chi connectivity index (χ0n) is 64.7. The topological polar surface area (TPSA) is 78.5 Å². The Bertz CT molecular complexity index is 5370. The Hall–Kier alpha value is -10.2. The second-order valence-corrected chi connectivity index (χ2v) is 24.5. The van der Waals surface area contributed by atoms with E-state index in [1.807, 2.05) is 204 Å². The maximum Gasteiger partial charge on any atom is 0.159 e. The molecule has 0 N–H and O–H groups in total. The van der Waals surface area contributed by atoms with Crippen LogP contribution in [-0.2, 0) is 0 Å². The van der Waals surface area contributed by atoms with Crippen LogP contribution in [-0.4, -0.2) is 65.4 Å². The Balaban J connectivity index is 0.000000116. The quantitative estimate of drug-likeness (QED) is 0.159. The van der Waals surface area contributed by atoms with Gasteiger partial charge in [0.25, 0.3) is 0 Å². The van der Waals surface area contributed by atoms with E-state index >= 15 is 0 Å². The van der Waals surface area contributed by atoms with Crippen molar-refractivity contribution < 1.29 is 32.7 Å². The predicted molar refractivity (Wildman–Crippen MR) is 385 cm³/mol. The Morgan fingerprint density at radius 3 is 1.07 bits per heavy atom. The summed E-state index contributed by atoms with van der Waals surface area (Å²) >= 11 is 0. The van der Waals surface area contributed by atoms with Crippen molar-refractivity contribution >= 4 is 122 Å². The number of hydrogen-bond donors (Lipinski definition) is 0. The molecule has 8 heterocycles. The van der Waals surface area contributed by atoms with Crippen molar-refractivity contribution in [2.24, 2.45) is 0 Å². The lowest BCUT2D eigenvalue weighted by Crippen LogP contribution is -2.39. The minimum absolute atomic E-state index is 0.0648. The number of hydrogen-bond acceptors (Lipinski definition) is 12.